The average Bonchev–Trinajstić information content (AvgIpc) is 3.72. The Hall–Kier alpha value is -3.30. The van der Waals surface area contributed by atoms with Gasteiger partial charge in [-0.3, -0.25) is 42.1 Å². The van der Waals surface area contributed by atoms with Crippen molar-refractivity contribution in [3.8, 4) is 0 Å². The SMILES string of the molecule is CC(C)(COP(=O)(O)OP(=O)(O)OC[C@H]1O[C@@H](n2cnc3c(N)ncnc32)[C@H](O)[C@@H]1OP(=O)(O)O)[C@@H](O)C(=O)NCCC(=O)NCCSC(=O)CC(=O)CCCCCCC(=O)O. The molecule has 2 amide bonds. The van der Waals surface area contributed by atoms with Gasteiger partial charge in [-0.15, -0.1) is 0 Å². The summed E-state index contributed by atoms with van der Waals surface area (Å²) in [6.07, 6.45) is -4.70. The molecule has 7 atom stereocenters. The average molecular weight is 966 g/mol. The number of carboxylic acids is 1. The summed E-state index contributed by atoms with van der Waals surface area (Å²) < 4.78 is 62.1. The third kappa shape index (κ3) is 17.7. The predicted molar refractivity (Wildman–Crippen MR) is 212 cm³/mol. The number of thioether (sulfide) groups is 1. The van der Waals surface area contributed by atoms with E-state index in [1.165, 1.54) is 13.8 Å². The van der Waals surface area contributed by atoms with Crippen molar-refractivity contribution >= 4 is 80.9 Å². The first-order valence-electron chi connectivity index (χ1n) is 18.6. The van der Waals surface area contributed by atoms with Gasteiger partial charge in [0.15, 0.2) is 22.8 Å². The molecule has 0 aliphatic carbocycles. The van der Waals surface area contributed by atoms with Gasteiger partial charge in [-0.25, -0.2) is 28.6 Å². The number of rotatable bonds is 28. The lowest BCUT2D eigenvalue weighted by molar-refractivity contribution is -0.137. The van der Waals surface area contributed by atoms with Crippen LogP contribution < -0.4 is 16.4 Å². The molecule has 2 aromatic rings. The van der Waals surface area contributed by atoms with Crippen LogP contribution in [-0.2, 0) is 60.3 Å². The quantitative estimate of drug-likeness (QED) is 0.0306. The number of hydrogen-bond donors (Lipinski definition) is 10. The Morgan fingerprint density at radius 1 is 0.952 bits per heavy atom. The summed E-state index contributed by atoms with van der Waals surface area (Å²) in [6.45, 7) is 0.190. The highest BCUT2D eigenvalue weighted by Crippen LogP contribution is 2.61. The number of imidazole rings is 1. The van der Waals surface area contributed by atoms with Gasteiger partial charge in [-0.2, -0.15) is 4.31 Å². The number of aliphatic hydroxyl groups excluding tert-OH is 2. The van der Waals surface area contributed by atoms with Crippen molar-refractivity contribution in [2.24, 2.45) is 5.41 Å². The maximum atomic E-state index is 12.7. The first-order chi connectivity index (χ1) is 28.8. The Bertz CT molecular complexity index is 2040. The van der Waals surface area contributed by atoms with Crippen molar-refractivity contribution in [2.45, 2.75) is 95.9 Å². The molecule has 1 aliphatic rings. The minimum atomic E-state index is -5.60. The van der Waals surface area contributed by atoms with Crippen LogP contribution in [0.4, 0.5) is 5.82 Å². The van der Waals surface area contributed by atoms with Gasteiger partial charge in [-0.1, -0.05) is 38.5 Å². The molecule has 0 bridgehead atoms. The van der Waals surface area contributed by atoms with E-state index in [4.69, 9.17) is 24.6 Å². The number of ether oxygens (including phenoxy) is 1. The monoisotopic (exact) mass is 965 g/mol. The summed E-state index contributed by atoms with van der Waals surface area (Å²) in [6, 6.07) is 0. The van der Waals surface area contributed by atoms with Crippen LogP contribution in [-0.4, -0.2) is 140 Å². The molecule has 1 aliphatic heterocycles. The molecule has 2 unspecified atom stereocenters. The van der Waals surface area contributed by atoms with Gasteiger partial charge in [0.25, 0.3) is 0 Å². The number of hydrogen-bond acceptors (Lipinski definition) is 20. The first kappa shape index (κ1) is 53.0. The lowest BCUT2D eigenvalue weighted by Crippen LogP contribution is -2.46. The van der Waals surface area contributed by atoms with Gasteiger partial charge < -0.3 is 56.0 Å². The standard InChI is InChI=1S/C31H50N7O20P3S/c1-31(2,26(45)29(46)34-10-9-20(40)33-11-12-62-22(43)13-18(39)7-5-3-4-6-8-21(41)42)15-55-61(52,53)58-60(50,51)54-14-19-25(57-59(47,48)49)24(44)30(56-19)38-17-37-23-27(32)35-16-36-28(23)38/h16-17,19,24-26,30,44-45H,3-15H2,1-2H3,(H,33,40)(H,34,46)(H,41,42)(H,50,51)(H,52,53)(H2,32,35,36)(H2,47,48,49)/t19-,24-,25-,26+,30-/m1/s1. The molecule has 27 nitrogen and oxygen atoms in total. The lowest BCUT2D eigenvalue weighted by atomic mass is 9.87. The van der Waals surface area contributed by atoms with Crippen LogP contribution in [0.3, 0.4) is 0 Å². The van der Waals surface area contributed by atoms with E-state index in [1.54, 1.807) is 0 Å². The molecule has 2 aromatic heterocycles. The zero-order valence-electron chi connectivity index (χ0n) is 33.3. The first-order valence-corrected chi connectivity index (χ1v) is 24.1. The zero-order valence-corrected chi connectivity index (χ0v) is 36.8. The number of phosphoric acid groups is 3. The fraction of sp³-hybridized carbons (Fsp3) is 0.677. The van der Waals surface area contributed by atoms with Gasteiger partial charge in [-0.05, 0) is 12.8 Å². The highest BCUT2D eigenvalue weighted by atomic mass is 32.2. The number of anilines is 1. The van der Waals surface area contributed by atoms with E-state index < -0.39 is 90.5 Å². The van der Waals surface area contributed by atoms with E-state index in [-0.39, 0.29) is 72.4 Å². The number of nitrogens with two attached hydrogens (primary N) is 1. The van der Waals surface area contributed by atoms with Crippen LogP contribution in [0.15, 0.2) is 12.7 Å². The molecule has 3 rings (SSSR count). The van der Waals surface area contributed by atoms with E-state index >= 15 is 0 Å². The van der Waals surface area contributed by atoms with Crippen LogP contribution in [0.5, 0.6) is 0 Å². The summed E-state index contributed by atoms with van der Waals surface area (Å²) >= 11 is 0.863. The number of carbonyl (C=O) groups is 5. The molecule has 0 radical (unpaired) electrons. The Labute approximate surface area is 357 Å². The fourth-order valence-electron chi connectivity index (χ4n) is 5.55. The lowest BCUT2D eigenvalue weighted by Gasteiger charge is -2.30. The Kier molecular flexibility index (Phi) is 20.2. The van der Waals surface area contributed by atoms with Crippen molar-refractivity contribution < 1.29 is 95.2 Å². The zero-order chi connectivity index (χ0) is 46.5. The maximum absolute atomic E-state index is 12.7. The largest absolute Gasteiger partial charge is 0.481 e. The van der Waals surface area contributed by atoms with Gasteiger partial charge in [0.1, 0.15) is 42.0 Å². The fourth-order valence-corrected chi connectivity index (χ4v) is 9.07. The number of fused-ring (bicyclic) bond motifs is 1. The molecule has 62 heavy (non-hydrogen) atoms. The molecule has 31 heteroatoms. The normalized spacial score (nSPS) is 20.6. The number of nitrogen functional groups attached to an aromatic ring is 1. The Balaban J connectivity index is 1.40. The second-order valence-electron chi connectivity index (χ2n) is 14.3. The molecule has 0 saturated carbocycles. The molecule has 0 aromatic carbocycles. The molecule has 11 N–H and O–H groups in total. The number of ketones is 1. The van der Waals surface area contributed by atoms with E-state index in [9.17, 15) is 67.5 Å². The van der Waals surface area contributed by atoms with Gasteiger partial charge in [0, 0.05) is 43.5 Å². The number of nitrogens with zero attached hydrogens (tertiary/aromatic N) is 4. The predicted octanol–water partition coefficient (Wildman–Crippen LogP) is 0.0491. The molecule has 0 spiro atoms. The number of unbranched alkanes of at least 4 members (excludes halogenated alkanes) is 3. The van der Waals surface area contributed by atoms with Crippen molar-refractivity contribution in [3.63, 3.8) is 0 Å². The second kappa shape index (κ2) is 23.6. The summed E-state index contributed by atoms with van der Waals surface area (Å²) in [5, 5.41) is 34.6. The summed E-state index contributed by atoms with van der Waals surface area (Å²) in [5.74, 6) is -2.53. The molecule has 350 valence electrons. The second-order valence-corrected chi connectivity index (χ2v) is 19.7. The molecular formula is C31H50N7O20P3S. The number of phosphoric ester groups is 3. The number of amides is 2. The van der Waals surface area contributed by atoms with E-state index in [1.807, 2.05) is 0 Å². The van der Waals surface area contributed by atoms with Crippen molar-refractivity contribution in [1.29, 1.82) is 0 Å². The third-order valence-electron chi connectivity index (χ3n) is 8.70. The number of nitrogens with one attached hydrogen (secondary N) is 2. The van der Waals surface area contributed by atoms with Crippen LogP contribution >= 0.6 is 35.2 Å². The van der Waals surface area contributed by atoms with Crippen LogP contribution in [0.1, 0.15) is 71.4 Å². The van der Waals surface area contributed by atoms with Crippen molar-refractivity contribution in [2.75, 3.05) is 37.8 Å². The van der Waals surface area contributed by atoms with Gasteiger partial charge in [0.2, 0.25) is 11.8 Å². The minimum Gasteiger partial charge on any atom is -0.481 e. The number of aliphatic hydroxyl groups is 2. The highest BCUT2D eigenvalue weighted by molar-refractivity contribution is 8.13. The van der Waals surface area contributed by atoms with Crippen LogP contribution in [0.2, 0.25) is 0 Å². The van der Waals surface area contributed by atoms with Crippen molar-refractivity contribution in [1.82, 2.24) is 30.2 Å². The summed E-state index contributed by atoms with van der Waals surface area (Å²) in [7, 11) is -16.5. The molecule has 1 fully saturated rings. The summed E-state index contributed by atoms with van der Waals surface area (Å²) in [4.78, 5) is 110. The number of Topliss-reactive ketones (excluding diaryl/α,β-unsaturated/α-hetero) is 1. The molecule has 3 heterocycles. The Morgan fingerprint density at radius 3 is 2.27 bits per heavy atom. The maximum Gasteiger partial charge on any atom is 0.481 e. The van der Waals surface area contributed by atoms with Gasteiger partial charge >= 0.3 is 29.4 Å². The molecule has 1 saturated heterocycles. The van der Waals surface area contributed by atoms with Crippen LogP contribution in [0.25, 0.3) is 11.2 Å². The smallest absolute Gasteiger partial charge is 0.481 e. The van der Waals surface area contributed by atoms with E-state index in [0.717, 1.165) is 29.0 Å². The number of carboxylic acid groups (broad SMARTS) is 1. The number of aromatic nitrogens is 4. The van der Waals surface area contributed by atoms with Crippen LogP contribution in [0, 0.1) is 5.41 Å². The number of aliphatic carboxylic acids is 1. The van der Waals surface area contributed by atoms with Crippen molar-refractivity contribution in [3.05, 3.63) is 12.7 Å². The van der Waals surface area contributed by atoms with E-state index in [0.29, 0.717) is 25.7 Å². The van der Waals surface area contributed by atoms with Gasteiger partial charge in [0.05, 0.1) is 26.0 Å². The minimum absolute atomic E-state index is 0.0173. The summed E-state index contributed by atoms with van der Waals surface area (Å²) in [5.41, 5.74) is 4.19. The third-order valence-corrected chi connectivity index (χ3v) is 12.7. The number of carbonyl (C=O) groups excluding carboxylic acids is 4. The highest BCUT2D eigenvalue weighted by Gasteiger charge is 2.50. The van der Waals surface area contributed by atoms with E-state index in [2.05, 4.69) is 34.4 Å². The Morgan fingerprint density at radius 2 is 1.61 bits per heavy atom. The topological polar surface area (TPSA) is 418 Å². The molecular weight excluding hydrogens is 915 g/mol.